The Morgan fingerprint density at radius 3 is 2.61 bits per heavy atom. The molecular formula is C20H18FN3O4. The lowest BCUT2D eigenvalue weighted by Crippen LogP contribution is -2.37. The molecule has 1 aromatic heterocycles. The number of nitrogens with one attached hydrogen (secondary N) is 3. The van der Waals surface area contributed by atoms with Crippen LogP contribution in [0.4, 0.5) is 21.5 Å². The smallest absolute Gasteiger partial charge is 0.254 e. The minimum absolute atomic E-state index is 0.0956. The van der Waals surface area contributed by atoms with Crippen LogP contribution in [0.2, 0.25) is 0 Å². The molecule has 1 unspecified atom stereocenters. The van der Waals surface area contributed by atoms with Crippen LogP contribution < -0.4 is 26.8 Å². The molecule has 0 spiro atoms. The highest BCUT2D eigenvalue weighted by atomic mass is 19.1. The lowest BCUT2D eigenvalue weighted by molar-refractivity contribution is 0.0966. The summed E-state index contributed by atoms with van der Waals surface area (Å²) in [6.45, 7) is 3.71. The van der Waals surface area contributed by atoms with E-state index in [9.17, 15) is 18.8 Å². The molecule has 1 aliphatic heterocycles. The average Bonchev–Trinajstić information content (AvgIpc) is 3.32. The van der Waals surface area contributed by atoms with E-state index in [1.54, 1.807) is 26.0 Å². The van der Waals surface area contributed by atoms with Gasteiger partial charge in [-0.15, -0.1) is 0 Å². The maximum atomic E-state index is 14.4. The number of carbonyl (C=O) groups is 1. The van der Waals surface area contributed by atoms with Gasteiger partial charge >= 0.3 is 0 Å². The number of carbonyl (C=O) groups excluding carboxylic acids is 1. The molecule has 1 aliphatic rings. The first-order valence-electron chi connectivity index (χ1n) is 9.30. The van der Waals surface area contributed by atoms with E-state index in [1.807, 2.05) is 0 Å². The molecule has 2 heterocycles. The van der Waals surface area contributed by atoms with Crippen LogP contribution in [0.5, 0.6) is 0 Å². The highest BCUT2D eigenvalue weighted by molar-refractivity contribution is 6.04. The van der Waals surface area contributed by atoms with E-state index in [4.69, 9.17) is 5.79 Å². The number of hydrogen-bond acceptors (Lipinski definition) is 6. The second-order valence-corrected chi connectivity index (χ2v) is 6.54. The maximum Gasteiger partial charge on any atom is 0.254 e. The second-order valence-electron chi connectivity index (χ2n) is 6.54. The number of furan rings is 1. The Kier molecular flexibility index (Phi) is 3.96. The Balaban J connectivity index is 1.72. The van der Waals surface area contributed by atoms with Crippen molar-refractivity contribution in [3.8, 4) is 0 Å². The number of rotatable bonds is 6. The molecule has 4 rings (SSSR count). The second kappa shape index (κ2) is 6.63. The number of hydrogen-bond donors (Lipinski definition) is 3. The van der Waals surface area contributed by atoms with Gasteiger partial charge in [-0.25, -0.2) is 4.39 Å². The summed E-state index contributed by atoms with van der Waals surface area (Å²) >= 11 is 0. The zero-order valence-corrected chi connectivity index (χ0v) is 15.2. The molecule has 0 bridgehead atoms. The van der Waals surface area contributed by atoms with Crippen LogP contribution in [-0.4, -0.2) is 5.91 Å². The van der Waals surface area contributed by atoms with Gasteiger partial charge in [0.05, 0.1) is 18.6 Å². The van der Waals surface area contributed by atoms with E-state index in [2.05, 4.69) is 16.0 Å². The van der Waals surface area contributed by atoms with E-state index in [-0.39, 0.29) is 41.4 Å². The quantitative estimate of drug-likeness (QED) is 0.565. The van der Waals surface area contributed by atoms with Crippen molar-refractivity contribution >= 4 is 23.0 Å². The van der Waals surface area contributed by atoms with Crippen LogP contribution in [-0.2, 0) is 6.54 Å². The van der Waals surface area contributed by atoms with E-state index in [0.717, 1.165) is 0 Å². The van der Waals surface area contributed by atoms with Crippen LogP contribution in [0.25, 0.3) is 0 Å². The molecule has 1 amide bonds. The van der Waals surface area contributed by atoms with Gasteiger partial charge in [-0.1, -0.05) is 13.0 Å². The molecule has 3 N–H and O–H groups in total. The fourth-order valence-electron chi connectivity index (χ4n) is 3.24. The van der Waals surface area contributed by atoms with E-state index in [1.165, 1.54) is 12.1 Å². The van der Waals surface area contributed by atoms with Gasteiger partial charge in [-0.3, -0.25) is 14.4 Å². The molecular weight excluding hydrogens is 365 g/mol. The van der Waals surface area contributed by atoms with E-state index < -0.39 is 28.6 Å². The Labute approximate surface area is 160 Å². The Morgan fingerprint density at radius 2 is 1.93 bits per heavy atom. The monoisotopic (exact) mass is 384 g/mol. The molecule has 1 atom stereocenters. The van der Waals surface area contributed by atoms with Crippen molar-refractivity contribution in [1.29, 1.82) is 0 Å². The van der Waals surface area contributed by atoms with Crippen molar-refractivity contribution in [1.82, 2.24) is 5.32 Å². The molecule has 0 fully saturated rings. The van der Waals surface area contributed by atoms with Gasteiger partial charge in [0.15, 0.2) is 0 Å². The summed E-state index contributed by atoms with van der Waals surface area (Å²) in [4.78, 5) is 36.4. The van der Waals surface area contributed by atoms with Crippen LogP contribution in [0.1, 0.15) is 48.2 Å². The lowest BCUT2D eigenvalue weighted by atomic mass is 10.1. The summed E-state index contributed by atoms with van der Waals surface area (Å²) in [5.41, 5.74) is -1.49. The van der Waals surface area contributed by atoms with Gasteiger partial charge in [0.2, 0.25) is 0 Å². The largest absolute Gasteiger partial charge is 0.464 e. The Bertz CT molecular complexity index is 1210. The fourth-order valence-corrected chi connectivity index (χ4v) is 3.24. The number of aryl methyl sites for hydroxylation is 1. The van der Waals surface area contributed by atoms with Crippen LogP contribution in [0.15, 0.2) is 38.3 Å². The molecule has 144 valence electrons. The molecule has 3 aromatic rings. The van der Waals surface area contributed by atoms with E-state index >= 15 is 0 Å². The minimum atomic E-state index is -1.50. The number of fused-ring (bicyclic) bond motifs is 1. The van der Waals surface area contributed by atoms with Gasteiger partial charge in [-0.05, 0) is 37.1 Å². The molecule has 0 saturated heterocycles. The highest BCUT2D eigenvalue weighted by Crippen LogP contribution is 2.33. The summed E-state index contributed by atoms with van der Waals surface area (Å²) < 4.78 is 28.6. The molecule has 0 aliphatic carbocycles. The SMILES string of the molecule is [2H]C(CC)(Nc1c(Nc2c(F)ccc3c2C(=O)NC3)c(=O)c1=O)c1ccc(C)o1. The highest BCUT2D eigenvalue weighted by Gasteiger charge is 2.29. The number of benzene rings is 1. The molecule has 2 aromatic carbocycles. The summed E-state index contributed by atoms with van der Waals surface area (Å²) in [6, 6.07) is 4.48. The van der Waals surface area contributed by atoms with Gasteiger partial charge in [0, 0.05) is 6.54 Å². The number of anilines is 3. The summed E-state index contributed by atoms with van der Waals surface area (Å²) in [7, 11) is 0. The minimum Gasteiger partial charge on any atom is -0.464 e. The first-order valence-corrected chi connectivity index (χ1v) is 8.80. The third-order valence-corrected chi connectivity index (χ3v) is 4.73. The molecule has 28 heavy (non-hydrogen) atoms. The van der Waals surface area contributed by atoms with Crippen molar-refractivity contribution in [2.24, 2.45) is 0 Å². The standard InChI is InChI=1S/C20H18FN3O4/c1-3-12(13-7-4-9(2)28-13)23-16-17(19(26)18(16)25)24-15-11(21)6-5-10-8-22-20(27)14(10)15/h4-7,12,23-24H,3,8H2,1-2H3,(H,22,27)/i12D. The zero-order chi connectivity index (χ0) is 20.9. The van der Waals surface area contributed by atoms with Gasteiger partial charge < -0.3 is 20.4 Å². The molecule has 0 radical (unpaired) electrons. The first-order chi connectivity index (χ1) is 13.7. The van der Waals surface area contributed by atoms with Gasteiger partial charge in [0.1, 0.15) is 28.7 Å². The topological polar surface area (TPSA) is 100 Å². The van der Waals surface area contributed by atoms with Crippen LogP contribution in [0, 0.1) is 12.7 Å². The first kappa shape index (κ1) is 16.7. The molecule has 7 nitrogen and oxygen atoms in total. The lowest BCUT2D eigenvalue weighted by Gasteiger charge is -2.21. The number of amides is 1. The van der Waals surface area contributed by atoms with Crippen molar-refractivity contribution < 1.29 is 15.0 Å². The normalized spacial score (nSPS) is 15.7. The van der Waals surface area contributed by atoms with Crippen LogP contribution in [0.3, 0.4) is 0 Å². The number of halogens is 1. The predicted molar refractivity (Wildman–Crippen MR) is 102 cm³/mol. The van der Waals surface area contributed by atoms with Crippen molar-refractivity contribution in [3.63, 3.8) is 0 Å². The summed E-state index contributed by atoms with van der Waals surface area (Å²) in [6.07, 6.45) is 0.232. The van der Waals surface area contributed by atoms with Crippen LogP contribution >= 0.6 is 0 Å². The molecule has 8 heteroatoms. The fraction of sp³-hybridized carbons (Fsp3) is 0.250. The van der Waals surface area contributed by atoms with Crippen molar-refractivity contribution in [2.75, 3.05) is 10.6 Å². The van der Waals surface area contributed by atoms with Crippen molar-refractivity contribution in [3.05, 3.63) is 73.2 Å². The third-order valence-electron chi connectivity index (χ3n) is 4.73. The summed E-state index contributed by atoms with van der Waals surface area (Å²) in [5, 5.41) is 7.96. The third kappa shape index (κ3) is 2.77. The van der Waals surface area contributed by atoms with Gasteiger partial charge in [-0.2, -0.15) is 0 Å². The average molecular weight is 384 g/mol. The molecule has 0 saturated carbocycles. The van der Waals surface area contributed by atoms with Gasteiger partial charge in [0.25, 0.3) is 16.8 Å². The Hall–Kier alpha value is -3.42. The van der Waals surface area contributed by atoms with E-state index in [0.29, 0.717) is 11.3 Å². The summed E-state index contributed by atoms with van der Waals surface area (Å²) in [5.74, 6) is -0.315. The Morgan fingerprint density at radius 1 is 1.18 bits per heavy atom. The maximum absolute atomic E-state index is 14.4. The zero-order valence-electron chi connectivity index (χ0n) is 16.2. The van der Waals surface area contributed by atoms with Crippen molar-refractivity contribution in [2.45, 2.75) is 32.8 Å². The predicted octanol–water partition coefficient (Wildman–Crippen LogP) is 2.87.